The van der Waals surface area contributed by atoms with Crippen molar-refractivity contribution in [1.29, 1.82) is 0 Å². The number of urea groups is 1. The highest BCUT2D eigenvalue weighted by molar-refractivity contribution is 7.92. The predicted molar refractivity (Wildman–Crippen MR) is 106 cm³/mol. The minimum absolute atomic E-state index is 0.0686. The molecule has 2 N–H and O–H groups in total. The third-order valence-corrected chi connectivity index (χ3v) is 7.33. The average molecular weight is 460 g/mol. The third kappa shape index (κ3) is 5.14. The number of benzene rings is 1. The van der Waals surface area contributed by atoms with Gasteiger partial charge in [-0.25, -0.2) is 30.7 Å². The monoisotopic (exact) mass is 459 g/mol. The number of nitrogens with one attached hydrogen (secondary N) is 2. The number of carbonyl (C=O) groups is 1. The Labute approximate surface area is 174 Å². The molecule has 2 rings (SSSR count). The molecule has 0 saturated carbocycles. The van der Waals surface area contributed by atoms with Gasteiger partial charge in [0.1, 0.15) is 9.79 Å². The Morgan fingerprint density at radius 1 is 1.03 bits per heavy atom. The molecule has 0 aliphatic heterocycles. The number of aromatic nitrogens is 2. The van der Waals surface area contributed by atoms with E-state index in [1.165, 1.54) is 39.5 Å². The molecule has 0 aliphatic carbocycles. The van der Waals surface area contributed by atoms with Gasteiger partial charge in [0.25, 0.3) is 10.0 Å². The lowest BCUT2D eigenvalue weighted by Gasteiger charge is -2.17. The van der Waals surface area contributed by atoms with Crippen LogP contribution in [0.15, 0.2) is 40.1 Å². The topological polar surface area (TPSA) is 157 Å². The van der Waals surface area contributed by atoms with E-state index in [4.69, 9.17) is 9.47 Å². The van der Waals surface area contributed by atoms with Gasteiger partial charge in [0, 0.05) is 13.6 Å². The van der Waals surface area contributed by atoms with E-state index in [0.717, 1.165) is 16.4 Å². The number of anilines is 1. The molecule has 0 unspecified atom stereocenters. The van der Waals surface area contributed by atoms with Crippen LogP contribution in [0.5, 0.6) is 11.8 Å². The lowest BCUT2D eigenvalue weighted by atomic mass is 10.4. The standard InChI is InChI=1S/C16H21N5O7S2/c1-5-21(2)30(25,26)12-9-7-6-8-11(12)29(23,24)20-16(22)19-15-17-13(27-3)10-14(18-15)28-4/h6-10H,5H2,1-4H3,(H2,17,18,19,20,22). The van der Waals surface area contributed by atoms with Crippen molar-refractivity contribution in [3.05, 3.63) is 30.3 Å². The van der Waals surface area contributed by atoms with Crippen molar-refractivity contribution < 1.29 is 31.1 Å². The number of hydrogen-bond acceptors (Lipinski definition) is 9. The molecule has 2 aromatic rings. The summed E-state index contributed by atoms with van der Waals surface area (Å²) in [7, 11) is -4.66. The molecule has 2 amide bonds. The molecule has 1 heterocycles. The second-order valence-electron chi connectivity index (χ2n) is 5.70. The summed E-state index contributed by atoms with van der Waals surface area (Å²) in [5.74, 6) is -0.149. The highest BCUT2D eigenvalue weighted by Crippen LogP contribution is 2.23. The Morgan fingerprint density at radius 3 is 2.07 bits per heavy atom. The van der Waals surface area contributed by atoms with E-state index in [0.29, 0.717) is 0 Å². The SMILES string of the molecule is CCN(C)S(=O)(=O)c1ccccc1S(=O)(=O)NC(=O)Nc1nc(OC)cc(OC)n1. The second-order valence-corrected chi connectivity index (χ2v) is 9.37. The third-order valence-electron chi connectivity index (χ3n) is 3.82. The van der Waals surface area contributed by atoms with Crippen molar-refractivity contribution in [3.8, 4) is 11.8 Å². The molecule has 14 heteroatoms. The van der Waals surface area contributed by atoms with Gasteiger partial charge in [-0.2, -0.15) is 9.97 Å². The molecule has 1 aromatic carbocycles. The van der Waals surface area contributed by atoms with Crippen molar-refractivity contribution in [2.24, 2.45) is 0 Å². The molecular weight excluding hydrogens is 438 g/mol. The number of rotatable bonds is 8. The zero-order valence-electron chi connectivity index (χ0n) is 16.6. The van der Waals surface area contributed by atoms with Gasteiger partial charge < -0.3 is 9.47 Å². The Balaban J connectivity index is 2.33. The van der Waals surface area contributed by atoms with Gasteiger partial charge in [-0.1, -0.05) is 19.1 Å². The van der Waals surface area contributed by atoms with Crippen molar-refractivity contribution in [2.75, 3.05) is 33.1 Å². The second kappa shape index (κ2) is 9.23. The molecule has 0 bridgehead atoms. The van der Waals surface area contributed by atoms with Gasteiger partial charge in [0.2, 0.25) is 27.7 Å². The summed E-state index contributed by atoms with van der Waals surface area (Å²) in [6.45, 7) is 1.72. The Kier molecular flexibility index (Phi) is 7.17. The lowest BCUT2D eigenvalue weighted by molar-refractivity contribution is 0.256. The number of ether oxygens (including phenoxy) is 2. The fraction of sp³-hybridized carbons (Fsp3) is 0.312. The Bertz CT molecular complexity index is 1110. The molecule has 0 fully saturated rings. The Hall–Kier alpha value is -2.97. The molecule has 12 nitrogen and oxygen atoms in total. The van der Waals surface area contributed by atoms with Gasteiger partial charge in [-0.3, -0.25) is 5.32 Å². The van der Waals surface area contributed by atoms with Crippen LogP contribution < -0.4 is 19.5 Å². The maximum atomic E-state index is 12.7. The summed E-state index contributed by atoms with van der Waals surface area (Å²) in [5.41, 5.74) is 0. The molecule has 30 heavy (non-hydrogen) atoms. The van der Waals surface area contributed by atoms with Crippen LogP contribution in [0.1, 0.15) is 6.92 Å². The average Bonchev–Trinajstić information content (AvgIpc) is 2.72. The van der Waals surface area contributed by atoms with Crippen LogP contribution in [-0.4, -0.2) is 65.0 Å². The summed E-state index contributed by atoms with van der Waals surface area (Å²) in [6.07, 6.45) is 0. The van der Waals surface area contributed by atoms with Gasteiger partial charge in [-0.05, 0) is 12.1 Å². The number of sulfonamides is 2. The van der Waals surface area contributed by atoms with Crippen LogP contribution in [0.4, 0.5) is 10.7 Å². The van der Waals surface area contributed by atoms with E-state index < -0.39 is 35.9 Å². The smallest absolute Gasteiger partial charge is 0.335 e. The maximum absolute atomic E-state index is 12.7. The first kappa shape index (κ1) is 23.3. The first-order valence-electron chi connectivity index (χ1n) is 8.41. The van der Waals surface area contributed by atoms with E-state index in [1.807, 2.05) is 0 Å². The summed E-state index contributed by atoms with van der Waals surface area (Å²) in [6, 6.07) is 5.09. The van der Waals surface area contributed by atoms with Crippen molar-refractivity contribution >= 4 is 32.0 Å². The zero-order valence-corrected chi connectivity index (χ0v) is 18.2. The maximum Gasteiger partial charge on any atom is 0.335 e. The summed E-state index contributed by atoms with van der Waals surface area (Å²) in [4.78, 5) is 18.9. The minimum Gasteiger partial charge on any atom is -0.481 e. The number of methoxy groups -OCH3 is 2. The Morgan fingerprint density at radius 2 is 1.57 bits per heavy atom. The van der Waals surface area contributed by atoms with Gasteiger partial charge in [0.15, 0.2) is 0 Å². The molecule has 1 aromatic heterocycles. The van der Waals surface area contributed by atoms with Crippen LogP contribution in [0, 0.1) is 0 Å². The number of hydrogen-bond donors (Lipinski definition) is 2. The summed E-state index contributed by atoms with van der Waals surface area (Å²) < 4.78 is 63.3. The summed E-state index contributed by atoms with van der Waals surface area (Å²) in [5, 5.41) is 2.14. The summed E-state index contributed by atoms with van der Waals surface area (Å²) >= 11 is 0. The largest absolute Gasteiger partial charge is 0.481 e. The molecular formula is C16H21N5O7S2. The van der Waals surface area contributed by atoms with E-state index in [9.17, 15) is 21.6 Å². The number of nitrogens with zero attached hydrogens (tertiary/aromatic N) is 3. The fourth-order valence-corrected chi connectivity index (χ4v) is 5.09. The van der Waals surface area contributed by atoms with E-state index in [2.05, 4.69) is 15.3 Å². The van der Waals surface area contributed by atoms with E-state index in [-0.39, 0.29) is 24.3 Å². The minimum atomic E-state index is -4.55. The lowest BCUT2D eigenvalue weighted by Crippen LogP contribution is -2.36. The van der Waals surface area contributed by atoms with Crippen molar-refractivity contribution in [2.45, 2.75) is 16.7 Å². The van der Waals surface area contributed by atoms with Crippen LogP contribution in [0.25, 0.3) is 0 Å². The first-order chi connectivity index (χ1) is 14.0. The number of carbonyl (C=O) groups excluding carboxylic acids is 1. The first-order valence-corrected chi connectivity index (χ1v) is 11.3. The van der Waals surface area contributed by atoms with E-state index in [1.54, 1.807) is 11.6 Å². The zero-order chi connectivity index (χ0) is 22.5. The van der Waals surface area contributed by atoms with Crippen LogP contribution in [0.3, 0.4) is 0 Å². The molecule has 0 aliphatic rings. The predicted octanol–water partition coefficient (Wildman–Crippen LogP) is 0.645. The quantitative estimate of drug-likeness (QED) is 0.578. The molecule has 0 atom stereocenters. The van der Waals surface area contributed by atoms with Crippen LogP contribution >= 0.6 is 0 Å². The normalized spacial score (nSPS) is 11.8. The van der Waals surface area contributed by atoms with Crippen LogP contribution in [0.2, 0.25) is 0 Å². The fourth-order valence-electron chi connectivity index (χ4n) is 2.20. The van der Waals surface area contributed by atoms with Crippen molar-refractivity contribution in [3.63, 3.8) is 0 Å². The molecule has 0 radical (unpaired) electrons. The van der Waals surface area contributed by atoms with Gasteiger partial charge in [0.05, 0.1) is 20.3 Å². The number of amides is 2. The highest BCUT2D eigenvalue weighted by Gasteiger charge is 2.30. The molecule has 0 saturated heterocycles. The highest BCUT2D eigenvalue weighted by atomic mass is 32.2. The molecule has 0 spiro atoms. The van der Waals surface area contributed by atoms with Crippen molar-refractivity contribution in [1.82, 2.24) is 19.0 Å². The van der Waals surface area contributed by atoms with E-state index >= 15 is 0 Å². The molecule has 164 valence electrons. The van der Waals surface area contributed by atoms with Gasteiger partial charge in [-0.15, -0.1) is 0 Å². The van der Waals surface area contributed by atoms with Gasteiger partial charge >= 0.3 is 6.03 Å². The van der Waals surface area contributed by atoms with Crippen LogP contribution in [-0.2, 0) is 20.0 Å².